The summed E-state index contributed by atoms with van der Waals surface area (Å²) in [5, 5.41) is 0. The molecule has 3 rings (SSSR count). The van der Waals surface area contributed by atoms with Crippen molar-refractivity contribution in [1.29, 1.82) is 0 Å². The van der Waals surface area contributed by atoms with Crippen molar-refractivity contribution in [2.45, 2.75) is 38.5 Å². The quantitative estimate of drug-likeness (QED) is 0.785. The van der Waals surface area contributed by atoms with Gasteiger partial charge in [-0.15, -0.1) is 11.8 Å². The molecule has 0 saturated carbocycles. The van der Waals surface area contributed by atoms with Gasteiger partial charge >= 0.3 is 0 Å². The van der Waals surface area contributed by atoms with Gasteiger partial charge in [-0.3, -0.25) is 9.59 Å². The van der Waals surface area contributed by atoms with Crippen LogP contribution in [0.4, 0.5) is 0 Å². The van der Waals surface area contributed by atoms with Crippen LogP contribution in [0.2, 0.25) is 0 Å². The number of thioether (sulfide) groups is 1. The molecule has 2 heterocycles. The Labute approximate surface area is 148 Å². The maximum absolute atomic E-state index is 12.8. The first-order chi connectivity index (χ1) is 11.4. The summed E-state index contributed by atoms with van der Waals surface area (Å²) in [7, 11) is 0. The Balaban J connectivity index is 1.64. The maximum atomic E-state index is 12.8. The van der Waals surface area contributed by atoms with Crippen molar-refractivity contribution in [3.8, 4) is 0 Å². The average Bonchev–Trinajstić information content (AvgIpc) is 2.59. The molecule has 0 aliphatic carbocycles. The summed E-state index contributed by atoms with van der Waals surface area (Å²) in [5.74, 6) is 1.43. The normalized spacial score (nSPS) is 18.3. The lowest BCUT2D eigenvalue weighted by Gasteiger charge is -2.37. The molecular weight excluding hydrogens is 320 g/mol. The van der Waals surface area contributed by atoms with Gasteiger partial charge < -0.3 is 9.80 Å². The fraction of sp³-hybridized carbons (Fsp3) is 0.579. The van der Waals surface area contributed by atoms with Gasteiger partial charge in [-0.1, -0.05) is 20.8 Å². The Morgan fingerprint density at radius 2 is 1.71 bits per heavy atom. The van der Waals surface area contributed by atoms with Gasteiger partial charge in [0.1, 0.15) is 0 Å². The van der Waals surface area contributed by atoms with E-state index in [2.05, 4.69) is 12.1 Å². The van der Waals surface area contributed by atoms with Crippen LogP contribution in [0.5, 0.6) is 0 Å². The molecule has 0 N–H and O–H groups in total. The van der Waals surface area contributed by atoms with Gasteiger partial charge in [0.25, 0.3) is 5.91 Å². The number of amides is 2. The highest BCUT2D eigenvalue weighted by Crippen LogP contribution is 2.30. The number of benzene rings is 1. The lowest BCUT2D eigenvalue weighted by Crippen LogP contribution is -2.53. The van der Waals surface area contributed by atoms with E-state index in [1.807, 2.05) is 48.4 Å². The first-order valence-corrected chi connectivity index (χ1v) is 9.69. The van der Waals surface area contributed by atoms with E-state index in [-0.39, 0.29) is 17.2 Å². The van der Waals surface area contributed by atoms with Crippen LogP contribution in [-0.4, -0.2) is 53.5 Å². The minimum atomic E-state index is -0.359. The molecule has 1 aromatic carbocycles. The van der Waals surface area contributed by atoms with Crippen LogP contribution in [0.1, 0.15) is 43.1 Å². The summed E-state index contributed by atoms with van der Waals surface area (Å²) >= 11 is 1.88. The molecule has 5 heteroatoms. The second kappa shape index (κ2) is 6.79. The van der Waals surface area contributed by atoms with E-state index < -0.39 is 0 Å². The highest BCUT2D eigenvalue weighted by molar-refractivity contribution is 7.99. The number of aryl methyl sites for hydroxylation is 1. The van der Waals surface area contributed by atoms with Crippen LogP contribution >= 0.6 is 11.8 Å². The molecule has 2 aliphatic heterocycles. The fourth-order valence-electron chi connectivity index (χ4n) is 3.26. The molecule has 130 valence electrons. The average molecular weight is 346 g/mol. The van der Waals surface area contributed by atoms with Crippen LogP contribution < -0.4 is 0 Å². The zero-order valence-corrected chi connectivity index (χ0v) is 15.6. The molecule has 0 aromatic heterocycles. The van der Waals surface area contributed by atoms with Gasteiger partial charge in [0.05, 0.1) is 0 Å². The van der Waals surface area contributed by atoms with Crippen molar-refractivity contribution in [2.24, 2.45) is 5.41 Å². The molecular formula is C19H26N2O2S. The third-order valence-electron chi connectivity index (χ3n) is 4.65. The number of carbonyl (C=O) groups excluding carboxylic acids is 2. The van der Waals surface area contributed by atoms with Gasteiger partial charge in [0.15, 0.2) is 0 Å². The molecule has 2 aliphatic rings. The molecule has 0 spiro atoms. The predicted molar refractivity (Wildman–Crippen MR) is 97.4 cm³/mol. The topological polar surface area (TPSA) is 40.6 Å². The summed E-state index contributed by atoms with van der Waals surface area (Å²) in [6.07, 6.45) is 2.25. The van der Waals surface area contributed by atoms with Gasteiger partial charge in [-0.25, -0.2) is 0 Å². The summed E-state index contributed by atoms with van der Waals surface area (Å²) < 4.78 is 0. The van der Waals surface area contributed by atoms with E-state index in [1.54, 1.807) is 0 Å². The van der Waals surface area contributed by atoms with E-state index in [1.165, 1.54) is 22.6 Å². The number of nitrogens with zero attached hydrogens (tertiary/aromatic N) is 2. The second-order valence-electron chi connectivity index (χ2n) is 7.61. The Morgan fingerprint density at radius 3 is 2.38 bits per heavy atom. The Kier molecular flexibility index (Phi) is 4.90. The van der Waals surface area contributed by atoms with Crippen molar-refractivity contribution in [3.63, 3.8) is 0 Å². The van der Waals surface area contributed by atoms with E-state index in [0.717, 1.165) is 12.0 Å². The van der Waals surface area contributed by atoms with Gasteiger partial charge in [0.2, 0.25) is 5.91 Å². The highest BCUT2D eigenvalue weighted by Gasteiger charge is 2.31. The van der Waals surface area contributed by atoms with Crippen LogP contribution in [0.3, 0.4) is 0 Å². The Morgan fingerprint density at radius 1 is 1.04 bits per heavy atom. The third-order valence-corrected chi connectivity index (χ3v) is 5.85. The molecule has 1 aromatic rings. The molecule has 1 fully saturated rings. The van der Waals surface area contributed by atoms with Gasteiger partial charge in [0, 0.05) is 42.1 Å². The van der Waals surface area contributed by atoms with Crippen LogP contribution in [-0.2, 0) is 11.2 Å². The summed E-state index contributed by atoms with van der Waals surface area (Å²) in [5.41, 5.74) is 1.73. The lowest BCUT2D eigenvalue weighted by molar-refractivity contribution is -0.140. The van der Waals surface area contributed by atoms with E-state index >= 15 is 0 Å². The number of hydrogen-bond donors (Lipinski definition) is 0. The number of carbonyl (C=O) groups is 2. The molecule has 0 unspecified atom stereocenters. The van der Waals surface area contributed by atoms with Gasteiger partial charge in [-0.2, -0.15) is 0 Å². The second-order valence-corrected chi connectivity index (χ2v) is 8.75. The summed E-state index contributed by atoms with van der Waals surface area (Å²) in [4.78, 5) is 30.2. The monoisotopic (exact) mass is 346 g/mol. The molecule has 2 amide bonds. The SMILES string of the molecule is CC(C)(C)C(=O)N1CCN(C(=O)c2ccc3c(c2)CCCS3)CC1. The number of hydrogen-bond acceptors (Lipinski definition) is 3. The molecule has 1 saturated heterocycles. The van der Waals surface area contributed by atoms with Crippen LogP contribution in [0.15, 0.2) is 23.1 Å². The molecule has 0 atom stereocenters. The van der Waals surface area contributed by atoms with Crippen molar-refractivity contribution in [2.75, 3.05) is 31.9 Å². The maximum Gasteiger partial charge on any atom is 0.253 e. The third kappa shape index (κ3) is 3.61. The van der Waals surface area contributed by atoms with Crippen molar-refractivity contribution >= 4 is 23.6 Å². The Hall–Kier alpha value is -1.49. The van der Waals surface area contributed by atoms with Crippen molar-refractivity contribution in [1.82, 2.24) is 9.80 Å². The largest absolute Gasteiger partial charge is 0.339 e. The first-order valence-electron chi connectivity index (χ1n) is 8.70. The van der Waals surface area contributed by atoms with Crippen LogP contribution in [0.25, 0.3) is 0 Å². The Bertz CT molecular complexity index is 643. The predicted octanol–water partition coefficient (Wildman–Crippen LogP) is 3.06. The number of piperazine rings is 1. The highest BCUT2D eigenvalue weighted by atomic mass is 32.2. The standard InChI is InChI=1S/C19H26N2O2S/c1-19(2,3)18(23)21-10-8-20(9-11-21)17(22)15-6-7-16-14(13-15)5-4-12-24-16/h6-7,13H,4-5,8-12H2,1-3H3. The zero-order valence-electron chi connectivity index (χ0n) is 14.8. The smallest absolute Gasteiger partial charge is 0.253 e. The number of fused-ring (bicyclic) bond motifs is 1. The molecule has 4 nitrogen and oxygen atoms in total. The lowest BCUT2D eigenvalue weighted by atomic mass is 9.94. The van der Waals surface area contributed by atoms with Crippen molar-refractivity contribution in [3.05, 3.63) is 29.3 Å². The molecule has 24 heavy (non-hydrogen) atoms. The fourth-order valence-corrected chi connectivity index (χ4v) is 4.28. The minimum Gasteiger partial charge on any atom is -0.339 e. The van der Waals surface area contributed by atoms with Crippen molar-refractivity contribution < 1.29 is 9.59 Å². The minimum absolute atomic E-state index is 0.0937. The number of rotatable bonds is 1. The molecule has 0 bridgehead atoms. The summed E-state index contributed by atoms with van der Waals surface area (Å²) in [6.45, 7) is 8.32. The van der Waals surface area contributed by atoms with E-state index in [9.17, 15) is 9.59 Å². The molecule has 0 radical (unpaired) electrons. The van der Waals surface area contributed by atoms with Gasteiger partial charge in [-0.05, 0) is 42.4 Å². The summed E-state index contributed by atoms with van der Waals surface area (Å²) in [6, 6.07) is 6.11. The van der Waals surface area contributed by atoms with Crippen LogP contribution in [0, 0.1) is 5.41 Å². The van der Waals surface area contributed by atoms with E-state index in [0.29, 0.717) is 26.2 Å². The van der Waals surface area contributed by atoms with E-state index in [4.69, 9.17) is 0 Å². The first kappa shape index (κ1) is 17.3. The zero-order chi connectivity index (χ0) is 17.3.